The summed E-state index contributed by atoms with van der Waals surface area (Å²) >= 11 is 0. The highest BCUT2D eigenvalue weighted by Gasteiger charge is 2.23. The molecular formula is C27H23F2N3O3. The van der Waals surface area contributed by atoms with Crippen molar-refractivity contribution in [3.8, 4) is 11.1 Å². The molecule has 0 spiro atoms. The van der Waals surface area contributed by atoms with Crippen LogP contribution in [-0.2, 0) is 4.79 Å². The SMILES string of the molecule is O=C(CN1CCN(c2ccccc2F)CC1)Nc1oc2ccccc2c(=O)c1-c1ccc(F)cc1. The standard InChI is InChI=1S/C27H23F2N3O3/c28-19-11-9-18(10-12-19)25-26(34)20-5-1-4-8-23(20)35-27(25)30-24(33)17-31-13-15-32(16-14-31)22-7-3-2-6-21(22)29/h1-12H,13-17H2,(H,30,33). The second-order valence-electron chi connectivity index (χ2n) is 8.40. The highest BCUT2D eigenvalue weighted by atomic mass is 19.1. The molecule has 1 aliphatic heterocycles. The second-order valence-corrected chi connectivity index (χ2v) is 8.40. The van der Waals surface area contributed by atoms with Crippen LogP contribution in [0.1, 0.15) is 0 Å². The Hall–Kier alpha value is -4.04. The van der Waals surface area contributed by atoms with Crippen molar-refractivity contribution in [1.82, 2.24) is 4.90 Å². The lowest BCUT2D eigenvalue weighted by Gasteiger charge is -2.35. The molecule has 0 bridgehead atoms. The number of nitrogens with zero attached hydrogens (tertiary/aromatic N) is 2. The number of carbonyl (C=O) groups excluding carboxylic acids is 1. The van der Waals surface area contributed by atoms with E-state index in [2.05, 4.69) is 5.32 Å². The molecule has 3 aromatic carbocycles. The summed E-state index contributed by atoms with van der Waals surface area (Å²) in [7, 11) is 0. The predicted octanol–water partition coefficient (Wildman–Crippen LogP) is 4.50. The molecule has 1 aliphatic rings. The summed E-state index contributed by atoms with van der Waals surface area (Å²) in [6.45, 7) is 2.41. The normalized spacial score (nSPS) is 14.3. The first-order valence-corrected chi connectivity index (χ1v) is 11.3. The second kappa shape index (κ2) is 9.68. The third-order valence-electron chi connectivity index (χ3n) is 6.12. The maximum absolute atomic E-state index is 14.1. The summed E-state index contributed by atoms with van der Waals surface area (Å²) in [5.41, 5.74) is 1.20. The fraction of sp³-hybridized carbons (Fsp3) is 0.185. The topological polar surface area (TPSA) is 65.8 Å². The summed E-state index contributed by atoms with van der Waals surface area (Å²) in [6.07, 6.45) is 0. The molecular weight excluding hydrogens is 452 g/mol. The maximum Gasteiger partial charge on any atom is 0.240 e. The molecule has 0 aliphatic carbocycles. The molecule has 0 atom stereocenters. The molecule has 35 heavy (non-hydrogen) atoms. The van der Waals surface area contributed by atoms with Crippen molar-refractivity contribution in [2.75, 3.05) is 42.9 Å². The molecule has 1 amide bonds. The third kappa shape index (κ3) is 4.79. The lowest BCUT2D eigenvalue weighted by Crippen LogP contribution is -2.49. The quantitative estimate of drug-likeness (QED) is 0.461. The number of nitrogens with one attached hydrogen (secondary N) is 1. The molecule has 8 heteroatoms. The Bertz CT molecular complexity index is 1430. The molecule has 0 saturated carbocycles. The van der Waals surface area contributed by atoms with E-state index in [4.69, 9.17) is 4.42 Å². The van der Waals surface area contributed by atoms with Gasteiger partial charge in [0, 0.05) is 26.2 Å². The van der Waals surface area contributed by atoms with Gasteiger partial charge in [-0.2, -0.15) is 0 Å². The Labute approximate surface area is 200 Å². The largest absolute Gasteiger partial charge is 0.439 e. The van der Waals surface area contributed by atoms with Crippen LogP contribution in [-0.4, -0.2) is 43.5 Å². The number of carbonyl (C=O) groups is 1. The first-order chi connectivity index (χ1) is 17.0. The number of fused-ring (bicyclic) bond motifs is 1. The molecule has 178 valence electrons. The molecule has 5 rings (SSSR count). The zero-order valence-corrected chi connectivity index (χ0v) is 18.8. The van der Waals surface area contributed by atoms with Crippen LogP contribution in [0.5, 0.6) is 0 Å². The number of benzene rings is 3. The molecule has 1 aromatic heterocycles. The molecule has 4 aromatic rings. The van der Waals surface area contributed by atoms with Gasteiger partial charge in [-0.15, -0.1) is 0 Å². The van der Waals surface area contributed by atoms with Gasteiger partial charge in [-0.05, 0) is 42.0 Å². The average Bonchev–Trinajstić information content (AvgIpc) is 2.86. The third-order valence-corrected chi connectivity index (χ3v) is 6.12. The van der Waals surface area contributed by atoms with E-state index in [-0.39, 0.29) is 35.1 Å². The van der Waals surface area contributed by atoms with Gasteiger partial charge in [0.05, 0.1) is 23.2 Å². The highest BCUT2D eigenvalue weighted by Crippen LogP contribution is 2.29. The van der Waals surface area contributed by atoms with Gasteiger partial charge in [-0.3, -0.25) is 19.8 Å². The number of anilines is 2. The smallest absolute Gasteiger partial charge is 0.240 e. The molecule has 2 heterocycles. The fourth-order valence-electron chi connectivity index (χ4n) is 4.33. The van der Waals surface area contributed by atoms with Crippen molar-refractivity contribution in [3.05, 3.63) is 94.7 Å². The van der Waals surface area contributed by atoms with Crippen molar-refractivity contribution in [1.29, 1.82) is 0 Å². The number of amides is 1. The average molecular weight is 475 g/mol. The molecule has 6 nitrogen and oxygen atoms in total. The minimum Gasteiger partial charge on any atom is -0.439 e. The summed E-state index contributed by atoms with van der Waals surface area (Å²) in [5, 5.41) is 3.11. The number of piperazine rings is 1. The van der Waals surface area contributed by atoms with Crippen LogP contribution in [0.4, 0.5) is 20.4 Å². The summed E-state index contributed by atoms with van der Waals surface area (Å²) in [5.74, 6) is -1.01. The Morgan fingerprint density at radius 3 is 2.31 bits per heavy atom. The van der Waals surface area contributed by atoms with Crippen LogP contribution in [0.25, 0.3) is 22.1 Å². The van der Waals surface area contributed by atoms with Crippen molar-refractivity contribution in [2.24, 2.45) is 0 Å². The van der Waals surface area contributed by atoms with E-state index in [0.717, 1.165) is 0 Å². The Morgan fingerprint density at radius 1 is 0.886 bits per heavy atom. The first kappa shape index (κ1) is 22.7. The van der Waals surface area contributed by atoms with Crippen LogP contribution < -0.4 is 15.6 Å². The van der Waals surface area contributed by atoms with E-state index in [9.17, 15) is 18.4 Å². The molecule has 1 fully saturated rings. The predicted molar refractivity (Wildman–Crippen MR) is 132 cm³/mol. The van der Waals surface area contributed by atoms with Crippen LogP contribution in [0, 0.1) is 11.6 Å². The van der Waals surface area contributed by atoms with Gasteiger partial charge in [0.2, 0.25) is 17.2 Å². The van der Waals surface area contributed by atoms with Gasteiger partial charge in [-0.25, -0.2) is 8.78 Å². The monoisotopic (exact) mass is 475 g/mol. The van der Waals surface area contributed by atoms with Crippen LogP contribution >= 0.6 is 0 Å². The lowest BCUT2D eigenvalue weighted by atomic mass is 10.0. The number of hydrogen-bond acceptors (Lipinski definition) is 5. The zero-order chi connectivity index (χ0) is 24.4. The fourth-order valence-corrected chi connectivity index (χ4v) is 4.33. The number of halogens is 2. The molecule has 0 radical (unpaired) electrons. The van der Waals surface area contributed by atoms with E-state index in [1.165, 1.54) is 30.3 Å². The minimum atomic E-state index is -0.431. The van der Waals surface area contributed by atoms with Gasteiger partial charge < -0.3 is 9.32 Å². The number of hydrogen-bond donors (Lipinski definition) is 1. The van der Waals surface area contributed by atoms with E-state index in [1.54, 1.807) is 42.5 Å². The summed E-state index contributed by atoms with van der Waals surface area (Å²) in [6, 6.07) is 18.9. The van der Waals surface area contributed by atoms with Gasteiger partial charge in [0.15, 0.2) is 0 Å². The van der Waals surface area contributed by atoms with Crippen molar-refractivity contribution < 1.29 is 18.0 Å². The number of rotatable bonds is 5. The highest BCUT2D eigenvalue weighted by molar-refractivity contribution is 5.97. The van der Waals surface area contributed by atoms with Crippen molar-refractivity contribution in [3.63, 3.8) is 0 Å². The molecule has 1 N–H and O–H groups in total. The van der Waals surface area contributed by atoms with Crippen LogP contribution in [0.2, 0.25) is 0 Å². The van der Waals surface area contributed by atoms with Gasteiger partial charge >= 0.3 is 0 Å². The zero-order valence-electron chi connectivity index (χ0n) is 18.8. The van der Waals surface area contributed by atoms with Crippen LogP contribution in [0.15, 0.2) is 82.0 Å². The van der Waals surface area contributed by atoms with E-state index in [1.807, 2.05) is 9.80 Å². The number of para-hydroxylation sites is 2. The van der Waals surface area contributed by atoms with Gasteiger partial charge in [0.25, 0.3) is 0 Å². The van der Waals surface area contributed by atoms with E-state index in [0.29, 0.717) is 48.4 Å². The Kier molecular flexibility index (Phi) is 6.29. The Morgan fingerprint density at radius 2 is 1.57 bits per heavy atom. The summed E-state index contributed by atoms with van der Waals surface area (Å²) in [4.78, 5) is 30.1. The summed E-state index contributed by atoms with van der Waals surface area (Å²) < 4.78 is 33.5. The van der Waals surface area contributed by atoms with Gasteiger partial charge in [0.1, 0.15) is 17.2 Å². The maximum atomic E-state index is 14.1. The van der Waals surface area contributed by atoms with E-state index < -0.39 is 5.82 Å². The van der Waals surface area contributed by atoms with Crippen molar-refractivity contribution in [2.45, 2.75) is 0 Å². The lowest BCUT2D eigenvalue weighted by molar-refractivity contribution is -0.117. The molecule has 0 unspecified atom stereocenters. The van der Waals surface area contributed by atoms with Gasteiger partial charge in [-0.1, -0.05) is 36.4 Å². The first-order valence-electron chi connectivity index (χ1n) is 11.3. The van der Waals surface area contributed by atoms with Crippen LogP contribution in [0.3, 0.4) is 0 Å². The minimum absolute atomic E-state index is 0.0234. The Balaban J connectivity index is 1.34. The molecule has 1 saturated heterocycles. The van der Waals surface area contributed by atoms with E-state index >= 15 is 0 Å². The van der Waals surface area contributed by atoms with Crippen molar-refractivity contribution >= 4 is 28.4 Å².